The topological polar surface area (TPSA) is 31.6 Å². The summed E-state index contributed by atoms with van der Waals surface area (Å²) >= 11 is 8.69. The maximum absolute atomic E-state index is 6.42. The Bertz CT molecular complexity index is 1210. The lowest BCUT2D eigenvalue weighted by atomic mass is 10.1. The van der Waals surface area contributed by atoms with Gasteiger partial charge in [0, 0.05) is 18.1 Å². The average Bonchev–Trinajstić information content (AvgIpc) is 3.22. The lowest BCUT2D eigenvalue weighted by Crippen LogP contribution is -1.99. The molecular weight excluding hydrogens is 571 g/mol. The first-order chi connectivity index (χ1) is 17.2. The summed E-state index contributed by atoms with van der Waals surface area (Å²) in [7, 11) is 0. The third kappa shape index (κ3) is 6.83. The molecule has 5 heteroatoms. The van der Waals surface area contributed by atoms with Crippen molar-refractivity contribution in [1.82, 2.24) is 0 Å². The lowest BCUT2D eigenvalue weighted by Gasteiger charge is -2.14. The number of hydrogen-bond acceptors (Lipinski definition) is 3. The Hall–Kier alpha value is -2.44. The number of hydrogen-bond donors (Lipinski definition) is 0. The van der Waals surface area contributed by atoms with Crippen LogP contribution in [0.15, 0.2) is 83.3 Å². The van der Waals surface area contributed by atoms with Gasteiger partial charge < -0.3 is 13.9 Å². The van der Waals surface area contributed by atoms with Gasteiger partial charge in [-0.15, -0.1) is 11.6 Å². The Morgan fingerprint density at radius 3 is 2.11 bits per heavy atom. The molecule has 0 radical (unpaired) electrons. The number of benzene rings is 3. The Morgan fingerprint density at radius 1 is 0.829 bits per heavy atom. The molecule has 4 aromatic rings. The number of aryl methyl sites for hydroxylation is 1. The fourth-order valence-corrected chi connectivity index (χ4v) is 5.31. The summed E-state index contributed by atoms with van der Waals surface area (Å²) in [5.41, 5.74) is 4.21. The first kappa shape index (κ1) is 25.6. The van der Waals surface area contributed by atoms with Crippen LogP contribution in [0.2, 0.25) is 0 Å². The predicted octanol–water partition coefficient (Wildman–Crippen LogP) is 9.18. The number of ether oxygens (including phenoxy) is 2. The second-order valence-electron chi connectivity index (χ2n) is 8.44. The van der Waals surface area contributed by atoms with Crippen molar-refractivity contribution in [3.63, 3.8) is 0 Å². The van der Waals surface area contributed by atoms with E-state index in [9.17, 15) is 0 Å². The van der Waals surface area contributed by atoms with Gasteiger partial charge in [-0.05, 0) is 52.3 Å². The standard InChI is InChI=1S/C30H30ClIO3/c1-2-3-6-15-27-26(19-31)29(32)30(35-27)25-17-16-24(33-20-22-11-7-4-8-12-22)18-28(25)34-21-23-13-9-5-10-14-23/h4-5,7-14,16-18H,2-3,6,15,19-21H2,1H3. The Morgan fingerprint density at radius 2 is 1.49 bits per heavy atom. The molecule has 0 saturated heterocycles. The molecule has 3 nitrogen and oxygen atoms in total. The van der Waals surface area contributed by atoms with E-state index >= 15 is 0 Å². The summed E-state index contributed by atoms with van der Waals surface area (Å²) in [4.78, 5) is 0. The molecule has 182 valence electrons. The first-order valence-corrected chi connectivity index (χ1v) is 13.6. The predicted molar refractivity (Wildman–Crippen MR) is 151 cm³/mol. The van der Waals surface area contributed by atoms with Crippen LogP contribution in [-0.2, 0) is 25.5 Å². The molecule has 0 unspecified atom stereocenters. The van der Waals surface area contributed by atoms with Crippen molar-refractivity contribution in [1.29, 1.82) is 0 Å². The fraction of sp³-hybridized carbons (Fsp3) is 0.267. The highest BCUT2D eigenvalue weighted by molar-refractivity contribution is 14.1. The molecule has 3 aromatic carbocycles. The smallest absolute Gasteiger partial charge is 0.151 e. The van der Waals surface area contributed by atoms with Gasteiger partial charge in [0.05, 0.1) is 15.0 Å². The van der Waals surface area contributed by atoms with Crippen molar-refractivity contribution in [2.24, 2.45) is 0 Å². The van der Waals surface area contributed by atoms with Crippen LogP contribution >= 0.6 is 34.2 Å². The van der Waals surface area contributed by atoms with Crippen LogP contribution in [0.4, 0.5) is 0 Å². The SMILES string of the molecule is CCCCCc1oc(-c2ccc(OCc3ccccc3)cc2OCc2ccccc2)c(I)c1CCl. The van der Waals surface area contributed by atoms with Gasteiger partial charge in [-0.1, -0.05) is 80.4 Å². The van der Waals surface area contributed by atoms with Crippen LogP contribution in [0.3, 0.4) is 0 Å². The van der Waals surface area contributed by atoms with E-state index in [0.717, 1.165) is 61.7 Å². The van der Waals surface area contributed by atoms with Crippen molar-refractivity contribution in [2.45, 2.75) is 51.7 Å². The van der Waals surface area contributed by atoms with Gasteiger partial charge in [-0.3, -0.25) is 0 Å². The van der Waals surface area contributed by atoms with E-state index in [1.54, 1.807) is 0 Å². The normalized spacial score (nSPS) is 10.9. The molecule has 0 aliphatic rings. The number of halogens is 2. The zero-order chi connectivity index (χ0) is 24.5. The summed E-state index contributed by atoms with van der Waals surface area (Å²) < 4.78 is 19.9. The highest BCUT2D eigenvalue weighted by Crippen LogP contribution is 2.41. The summed E-state index contributed by atoms with van der Waals surface area (Å²) in [6, 6.07) is 26.3. The van der Waals surface area contributed by atoms with E-state index in [-0.39, 0.29) is 0 Å². The molecule has 0 fully saturated rings. The van der Waals surface area contributed by atoms with Crippen LogP contribution in [0.5, 0.6) is 11.5 Å². The third-order valence-corrected chi connectivity index (χ3v) is 7.26. The minimum absolute atomic E-state index is 0.432. The molecule has 0 bridgehead atoms. The second kappa shape index (κ2) is 13.0. The Labute approximate surface area is 226 Å². The largest absolute Gasteiger partial charge is 0.489 e. The van der Waals surface area contributed by atoms with Gasteiger partial charge in [0.2, 0.25) is 0 Å². The summed E-state index contributed by atoms with van der Waals surface area (Å²) in [5, 5.41) is 0. The van der Waals surface area contributed by atoms with E-state index in [2.05, 4.69) is 53.8 Å². The van der Waals surface area contributed by atoms with Gasteiger partial charge in [0.15, 0.2) is 5.76 Å². The van der Waals surface area contributed by atoms with Crippen LogP contribution in [-0.4, -0.2) is 0 Å². The minimum Gasteiger partial charge on any atom is -0.489 e. The third-order valence-electron chi connectivity index (χ3n) is 5.85. The zero-order valence-corrected chi connectivity index (χ0v) is 22.8. The number of rotatable bonds is 12. The average molecular weight is 601 g/mol. The van der Waals surface area contributed by atoms with Crippen molar-refractivity contribution in [3.8, 4) is 22.8 Å². The maximum atomic E-state index is 6.42. The summed E-state index contributed by atoms with van der Waals surface area (Å²) in [5.74, 6) is 3.70. The van der Waals surface area contributed by atoms with Crippen LogP contribution in [0.1, 0.15) is 48.6 Å². The van der Waals surface area contributed by atoms with Gasteiger partial charge in [-0.2, -0.15) is 0 Å². The molecule has 0 aliphatic carbocycles. The fourth-order valence-electron chi connectivity index (χ4n) is 3.91. The number of alkyl halides is 1. The molecule has 0 atom stereocenters. The molecule has 35 heavy (non-hydrogen) atoms. The summed E-state index contributed by atoms with van der Waals surface area (Å²) in [6.45, 7) is 3.16. The van der Waals surface area contributed by atoms with Gasteiger partial charge in [-0.25, -0.2) is 0 Å². The quantitative estimate of drug-likeness (QED) is 0.0923. The van der Waals surface area contributed by atoms with E-state index in [0.29, 0.717) is 19.1 Å². The van der Waals surface area contributed by atoms with Crippen LogP contribution in [0.25, 0.3) is 11.3 Å². The van der Waals surface area contributed by atoms with Crippen LogP contribution < -0.4 is 9.47 Å². The molecule has 0 saturated carbocycles. The summed E-state index contributed by atoms with van der Waals surface area (Å²) in [6.07, 6.45) is 4.33. The second-order valence-corrected chi connectivity index (χ2v) is 9.79. The van der Waals surface area contributed by atoms with Gasteiger partial charge in [0.1, 0.15) is 30.5 Å². The molecule has 0 amide bonds. The highest BCUT2D eigenvalue weighted by Gasteiger charge is 2.22. The Balaban J connectivity index is 1.64. The zero-order valence-electron chi connectivity index (χ0n) is 19.9. The molecule has 0 N–H and O–H groups in total. The monoisotopic (exact) mass is 600 g/mol. The van der Waals surface area contributed by atoms with Gasteiger partial charge in [0.25, 0.3) is 0 Å². The van der Waals surface area contributed by atoms with Crippen LogP contribution in [0, 0.1) is 3.57 Å². The molecule has 0 spiro atoms. The van der Waals surface area contributed by atoms with Crippen molar-refractivity contribution >= 4 is 34.2 Å². The lowest BCUT2D eigenvalue weighted by molar-refractivity contribution is 0.290. The number of unbranched alkanes of at least 4 members (excludes halogenated alkanes) is 2. The first-order valence-electron chi connectivity index (χ1n) is 12.0. The van der Waals surface area contributed by atoms with E-state index in [1.807, 2.05) is 54.6 Å². The molecule has 0 aliphatic heterocycles. The minimum atomic E-state index is 0.432. The van der Waals surface area contributed by atoms with E-state index in [4.69, 9.17) is 25.5 Å². The van der Waals surface area contributed by atoms with Crippen molar-refractivity contribution in [2.75, 3.05) is 0 Å². The molecule has 1 aromatic heterocycles. The number of furan rings is 1. The Kier molecular flexibility index (Phi) is 9.55. The van der Waals surface area contributed by atoms with E-state index < -0.39 is 0 Å². The molecular formula is C30H30ClIO3. The molecule has 4 rings (SSSR count). The maximum Gasteiger partial charge on any atom is 0.151 e. The van der Waals surface area contributed by atoms with E-state index in [1.165, 1.54) is 12.8 Å². The van der Waals surface area contributed by atoms with Crippen molar-refractivity contribution in [3.05, 3.63) is 105 Å². The van der Waals surface area contributed by atoms with Gasteiger partial charge >= 0.3 is 0 Å². The van der Waals surface area contributed by atoms with Crippen molar-refractivity contribution < 1.29 is 13.9 Å². The highest BCUT2D eigenvalue weighted by atomic mass is 127. The molecule has 1 heterocycles.